The van der Waals surface area contributed by atoms with Gasteiger partial charge in [-0.05, 0) is 25.7 Å². The van der Waals surface area contributed by atoms with Crippen LogP contribution in [0.15, 0.2) is 53.6 Å². The smallest absolute Gasteiger partial charge is 0.0479 e. The van der Waals surface area contributed by atoms with Crippen molar-refractivity contribution in [2.75, 3.05) is 6.61 Å². The predicted octanol–water partition coefficient (Wildman–Crippen LogP) is 6.63. The van der Waals surface area contributed by atoms with E-state index in [9.17, 15) is 0 Å². The van der Waals surface area contributed by atoms with Crippen molar-refractivity contribution in [3.63, 3.8) is 0 Å². The van der Waals surface area contributed by atoms with E-state index in [4.69, 9.17) is 5.11 Å². The molecule has 26 heavy (non-hydrogen) atoms. The quantitative estimate of drug-likeness (QED) is 0.399. The van der Waals surface area contributed by atoms with Crippen molar-refractivity contribution < 1.29 is 26.8 Å². The fourth-order valence-corrected chi connectivity index (χ4v) is 2.40. The van der Waals surface area contributed by atoms with E-state index in [1.807, 2.05) is 20.8 Å². The van der Waals surface area contributed by atoms with Crippen molar-refractivity contribution in [2.24, 2.45) is 5.41 Å². The normalized spacial score (nSPS) is 12.9. The average Bonchev–Trinajstić information content (AvgIpc) is 2.86. The zero-order valence-electron chi connectivity index (χ0n) is 16.2. The summed E-state index contributed by atoms with van der Waals surface area (Å²) in [6, 6.07) is 16.3. The molecule has 0 amide bonds. The molecule has 0 aromatic heterocycles. The molecule has 0 heterocycles. The minimum Gasteiger partial charge on any atom is -0.396 e. The summed E-state index contributed by atoms with van der Waals surface area (Å²) >= 11 is 0. The third-order valence-corrected chi connectivity index (χ3v) is 4.12. The van der Waals surface area contributed by atoms with Gasteiger partial charge in [-0.2, -0.15) is 0 Å². The number of allylic oxidation sites excluding steroid dienone is 4. The minimum atomic E-state index is 0. The van der Waals surface area contributed by atoms with Gasteiger partial charge in [0, 0.05) is 28.3 Å². The van der Waals surface area contributed by atoms with Crippen molar-refractivity contribution in [2.45, 2.75) is 41.0 Å². The molecule has 3 rings (SSSR count). The van der Waals surface area contributed by atoms with Crippen LogP contribution in [0.1, 0.15) is 46.6 Å². The van der Waals surface area contributed by atoms with Crippen molar-refractivity contribution >= 4 is 41.2 Å². The molecule has 1 aliphatic rings. The van der Waals surface area contributed by atoms with Crippen LogP contribution in [0.3, 0.4) is 0 Å². The standard InChI is InChI=1S/C17H15.C5H12O.2ClH.Ti/c1-12-7-10-17(13(12)2)16-9-8-14-5-3-4-6-15(14)11-16;1-5(2,3)4-6;;;/h3-9H,10H2,1-2H3;6H,4H2,1-3H3;2*1H;/q-1;;;;. The molecule has 0 unspecified atom stereocenters. The number of benzene rings is 2. The van der Waals surface area contributed by atoms with E-state index in [-0.39, 0.29) is 58.6 Å². The number of fused-ring (bicyclic) bond motifs is 1. The van der Waals surface area contributed by atoms with E-state index >= 15 is 0 Å². The number of halogens is 2. The van der Waals surface area contributed by atoms with Crippen LogP contribution < -0.4 is 0 Å². The molecule has 0 saturated carbocycles. The van der Waals surface area contributed by atoms with Gasteiger partial charge in [0.05, 0.1) is 0 Å². The zero-order chi connectivity index (χ0) is 17.0. The molecule has 1 aliphatic carbocycles. The van der Waals surface area contributed by atoms with Crippen LogP contribution in [0.4, 0.5) is 0 Å². The second-order valence-electron chi connectivity index (χ2n) is 7.37. The summed E-state index contributed by atoms with van der Waals surface area (Å²) in [7, 11) is 0. The van der Waals surface area contributed by atoms with Crippen molar-refractivity contribution in [1.82, 2.24) is 0 Å². The summed E-state index contributed by atoms with van der Waals surface area (Å²) in [6.07, 6.45) is 3.35. The van der Waals surface area contributed by atoms with Gasteiger partial charge in [0.1, 0.15) is 0 Å². The number of rotatable bonds is 1. The molecule has 2 aromatic rings. The van der Waals surface area contributed by atoms with Crippen molar-refractivity contribution in [1.29, 1.82) is 0 Å². The summed E-state index contributed by atoms with van der Waals surface area (Å²) in [5.74, 6) is 0. The van der Waals surface area contributed by atoms with Crippen LogP contribution in [-0.2, 0) is 21.7 Å². The van der Waals surface area contributed by atoms with Crippen LogP contribution >= 0.6 is 24.8 Å². The Labute approximate surface area is 185 Å². The molecule has 142 valence electrons. The van der Waals surface area contributed by atoms with Gasteiger partial charge in [-0.15, -0.1) is 60.0 Å². The molecule has 1 N–H and O–H groups in total. The molecular weight excluding hydrogens is 399 g/mol. The van der Waals surface area contributed by atoms with E-state index in [0.29, 0.717) is 0 Å². The Morgan fingerprint density at radius 1 is 1.00 bits per heavy atom. The predicted molar refractivity (Wildman–Crippen MR) is 115 cm³/mol. The van der Waals surface area contributed by atoms with Crippen LogP contribution in [0.25, 0.3) is 16.3 Å². The van der Waals surface area contributed by atoms with Gasteiger partial charge in [-0.1, -0.05) is 67.2 Å². The second-order valence-corrected chi connectivity index (χ2v) is 7.37. The SMILES string of the molecule is CC(C)(C)CO.CC1=CCC(c2[c-]c3ccccc3cc2)=C1C.Cl.Cl.[Ti]. The molecule has 0 spiro atoms. The maximum atomic E-state index is 8.40. The number of aliphatic hydroxyl groups excluding tert-OH is 1. The Bertz CT molecular complexity index is 758. The van der Waals surface area contributed by atoms with Crippen molar-refractivity contribution in [3.05, 3.63) is 65.3 Å². The van der Waals surface area contributed by atoms with Crippen LogP contribution in [0.5, 0.6) is 0 Å². The maximum absolute atomic E-state index is 8.40. The molecule has 4 heteroatoms. The van der Waals surface area contributed by atoms with Crippen molar-refractivity contribution in [3.8, 4) is 0 Å². The fourth-order valence-electron chi connectivity index (χ4n) is 2.40. The molecule has 0 saturated heterocycles. The Kier molecular flexibility index (Phi) is 12.8. The van der Waals surface area contributed by atoms with E-state index in [0.717, 1.165) is 6.42 Å². The van der Waals surface area contributed by atoms with Gasteiger partial charge in [-0.25, -0.2) is 0 Å². The largest absolute Gasteiger partial charge is 0.396 e. The summed E-state index contributed by atoms with van der Waals surface area (Å²) in [6.45, 7) is 10.6. The first-order valence-corrected chi connectivity index (χ1v) is 8.21. The Morgan fingerprint density at radius 2 is 1.58 bits per heavy atom. The molecule has 0 bridgehead atoms. The summed E-state index contributed by atoms with van der Waals surface area (Å²) < 4.78 is 0. The maximum Gasteiger partial charge on any atom is 0.0479 e. The monoisotopic (exact) mass is 427 g/mol. The molecule has 1 nitrogen and oxygen atoms in total. The van der Waals surface area contributed by atoms with Gasteiger partial charge < -0.3 is 5.11 Å². The number of aliphatic hydroxyl groups is 1. The molecule has 0 fully saturated rings. The molecule has 2 aromatic carbocycles. The molecule has 0 atom stereocenters. The van der Waals surface area contributed by atoms with Crippen LogP contribution in [-0.4, -0.2) is 11.7 Å². The average molecular weight is 428 g/mol. The van der Waals surface area contributed by atoms with E-state index < -0.39 is 0 Å². The third kappa shape index (κ3) is 7.58. The first-order chi connectivity index (χ1) is 10.8. The molecule has 0 radical (unpaired) electrons. The van der Waals surface area contributed by atoms with Gasteiger partial charge in [0.2, 0.25) is 0 Å². The first kappa shape index (κ1) is 27.7. The van der Waals surface area contributed by atoms with Gasteiger partial charge >= 0.3 is 0 Å². The van der Waals surface area contributed by atoms with Gasteiger partial charge in [0.25, 0.3) is 0 Å². The van der Waals surface area contributed by atoms with E-state index in [1.54, 1.807) is 0 Å². The minimum absolute atomic E-state index is 0. The zero-order valence-corrected chi connectivity index (χ0v) is 19.4. The third-order valence-electron chi connectivity index (χ3n) is 4.12. The summed E-state index contributed by atoms with van der Waals surface area (Å²) in [5.41, 5.74) is 5.58. The Morgan fingerprint density at radius 3 is 2.08 bits per heavy atom. The van der Waals surface area contributed by atoms with Gasteiger partial charge in [0.15, 0.2) is 0 Å². The van der Waals surface area contributed by atoms with Crippen LogP contribution in [0.2, 0.25) is 0 Å². The second kappa shape index (κ2) is 12.0. The molecular formula is C22H29Cl2OTi-. The summed E-state index contributed by atoms with van der Waals surface area (Å²) in [5, 5.41) is 10.9. The fraction of sp³-hybridized carbons (Fsp3) is 0.364. The first-order valence-electron chi connectivity index (χ1n) is 8.21. The topological polar surface area (TPSA) is 20.2 Å². The van der Waals surface area contributed by atoms with Crippen LogP contribution in [0, 0.1) is 11.5 Å². The van der Waals surface area contributed by atoms with E-state index in [1.165, 1.54) is 33.1 Å². The van der Waals surface area contributed by atoms with Gasteiger partial charge in [-0.3, -0.25) is 0 Å². The number of hydrogen-bond donors (Lipinski definition) is 1. The Hall–Kier alpha value is -0.566. The summed E-state index contributed by atoms with van der Waals surface area (Å²) in [4.78, 5) is 0. The molecule has 0 aliphatic heterocycles. The van der Waals surface area contributed by atoms with E-state index in [2.05, 4.69) is 62.4 Å². The Balaban J connectivity index is 0. The number of hydrogen-bond acceptors (Lipinski definition) is 1.